The van der Waals surface area contributed by atoms with Gasteiger partial charge in [-0.05, 0) is 18.1 Å². The van der Waals surface area contributed by atoms with Gasteiger partial charge >= 0.3 is 0 Å². The number of aliphatic hydroxyl groups is 1. The van der Waals surface area contributed by atoms with Gasteiger partial charge in [0, 0.05) is 16.9 Å². The molecule has 1 N–H and O–H groups in total. The lowest BCUT2D eigenvalue weighted by Crippen LogP contribution is -2.40. The zero-order valence-corrected chi connectivity index (χ0v) is 13.8. The molecule has 5 nitrogen and oxygen atoms in total. The van der Waals surface area contributed by atoms with Crippen molar-refractivity contribution < 1.29 is 14.8 Å². The third-order valence-corrected chi connectivity index (χ3v) is 4.80. The molecule has 0 amide bonds. The van der Waals surface area contributed by atoms with Gasteiger partial charge in [-0.3, -0.25) is 14.9 Å². The van der Waals surface area contributed by atoms with E-state index < -0.39 is 17.9 Å². The first-order chi connectivity index (χ1) is 12.0. The predicted octanol–water partition coefficient (Wildman–Crippen LogP) is 4.00. The molecule has 0 unspecified atom stereocenters. The number of carbonyl (C=O) groups is 1. The van der Waals surface area contributed by atoms with E-state index in [0.717, 1.165) is 5.56 Å². The van der Waals surface area contributed by atoms with Crippen molar-refractivity contribution in [2.24, 2.45) is 0 Å². The molecule has 1 aliphatic carbocycles. The molecule has 2 aromatic carbocycles. The summed E-state index contributed by atoms with van der Waals surface area (Å²) in [5.74, 6) is -1.64. The second kappa shape index (κ2) is 6.89. The molecule has 0 saturated heterocycles. The number of hydrogen-bond acceptors (Lipinski definition) is 4. The molecule has 0 aromatic heterocycles. The van der Waals surface area contributed by atoms with Crippen LogP contribution >= 0.6 is 0 Å². The lowest BCUT2D eigenvalue weighted by Gasteiger charge is -2.34. The molecular formula is C20H19NO4. The molecule has 5 heteroatoms. The van der Waals surface area contributed by atoms with Gasteiger partial charge in [-0.1, -0.05) is 60.7 Å². The summed E-state index contributed by atoms with van der Waals surface area (Å²) >= 11 is 0. The van der Waals surface area contributed by atoms with Crippen LogP contribution in [0.2, 0.25) is 0 Å². The normalized spacial score (nSPS) is 23.3. The van der Waals surface area contributed by atoms with Gasteiger partial charge in [0.05, 0.1) is 11.8 Å². The van der Waals surface area contributed by atoms with Crippen LogP contribution in [0.25, 0.3) is 0 Å². The van der Waals surface area contributed by atoms with Crippen LogP contribution in [-0.4, -0.2) is 21.9 Å². The zero-order valence-electron chi connectivity index (χ0n) is 13.8. The molecule has 0 saturated carbocycles. The molecule has 128 valence electrons. The van der Waals surface area contributed by atoms with Crippen molar-refractivity contribution in [2.45, 2.75) is 31.2 Å². The van der Waals surface area contributed by atoms with Crippen LogP contribution in [0.15, 0.2) is 72.0 Å². The maximum absolute atomic E-state index is 12.2. The summed E-state index contributed by atoms with van der Waals surface area (Å²) in [5.41, 5.74) is 1.61. The maximum Gasteiger partial charge on any atom is 0.231 e. The van der Waals surface area contributed by atoms with Crippen molar-refractivity contribution >= 4 is 5.78 Å². The van der Waals surface area contributed by atoms with Crippen LogP contribution in [0, 0.1) is 10.1 Å². The van der Waals surface area contributed by atoms with Gasteiger partial charge in [-0.2, -0.15) is 0 Å². The fraction of sp³-hybridized carbons (Fsp3) is 0.250. The Balaban J connectivity index is 2.20. The highest BCUT2D eigenvalue weighted by molar-refractivity contribution is 5.95. The van der Waals surface area contributed by atoms with E-state index in [0.29, 0.717) is 5.56 Å². The molecule has 0 radical (unpaired) electrons. The highest BCUT2D eigenvalue weighted by atomic mass is 16.6. The minimum Gasteiger partial charge on any atom is -0.512 e. The molecule has 0 aliphatic heterocycles. The van der Waals surface area contributed by atoms with Crippen LogP contribution in [-0.2, 0) is 4.79 Å². The Labute approximate surface area is 145 Å². The van der Waals surface area contributed by atoms with Crippen LogP contribution in [0.4, 0.5) is 0 Å². The third-order valence-electron chi connectivity index (χ3n) is 4.80. The topological polar surface area (TPSA) is 80.4 Å². The van der Waals surface area contributed by atoms with Crippen molar-refractivity contribution in [3.8, 4) is 0 Å². The predicted molar refractivity (Wildman–Crippen MR) is 94.1 cm³/mol. The first-order valence-corrected chi connectivity index (χ1v) is 8.17. The molecular weight excluding hydrogens is 318 g/mol. The van der Waals surface area contributed by atoms with Gasteiger partial charge < -0.3 is 5.11 Å². The highest BCUT2D eigenvalue weighted by Gasteiger charge is 2.48. The summed E-state index contributed by atoms with van der Waals surface area (Å²) in [6, 6.07) is 17.1. The molecule has 0 spiro atoms. The molecule has 0 bridgehead atoms. The number of aliphatic hydroxyl groups excluding tert-OH is 1. The van der Waals surface area contributed by atoms with Gasteiger partial charge in [-0.15, -0.1) is 0 Å². The number of Topliss-reactive ketones (excluding diaryl/α,β-unsaturated/α-hetero) is 1. The minimum atomic E-state index is -1.01. The van der Waals surface area contributed by atoms with E-state index in [2.05, 4.69) is 0 Å². The molecule has 2 aromatic rings. The molecule has 0 fully saturated rings. The average molecular weight is 337 g/mol. The maximum atomic E-state index is 12.2. The van der Waals surface area contributed by atoms with Crippen LogP contribution in [0.1, 0.15) is 36.3 Å². The number of nitro groups is 1. The van der Waals surface area contributed by atoms with Crippen molar-refractivity contribution in [3.05, 3.63) is 93.2 Å². The Kier molecular flexibility index (Phi) is 4.65. The third kappa shape index (κ3) is 3.18. The van der Waals surface area contributed by atoms with Gasteiger partial charge in [0.1, 0.15) is 5.76 Å². The Bertz CT molecular complexity index is 814. The fourth-order valence-electron chi connectivity index (χ4n) is 3.75. The van der Waals surface area contributed by atoms with E-state index in [4.69, 9.17) is 0 Å². The Morgan fingerprint density at radius 1 is 1.04 bits per heavy atom. The summed E-state index contributed by atoms with van der Waals surface area (Å²) < 4.78 is 0. The molecule has 3 atom stereocenters. The molecule has 1 aliphatic rings. The number of rotatable bonds is 4. The number of benzene rings is 2. The largest absolute Gasteiger partial charge is 0.512 e. The lowest BCUT2D eigenvalue weighted by molar-refractivity contribution is -0.530. The second-order valence-electron chi connectivity index (χ2n) is 6.30. The first-order valence-electron chi connectivity index (χ1n) is 8.17. The average Bonchev–Trinajstić information content (AvgIpc) is 2.61. The Morgan fingerprint density at radius 3 is 2.04 bits per heavy atom. The lowest BCUT2D eigenvalue weighted by atomic mass is 9.69. The fourth-order valence-corrected chi connectivity index (χ4v) is 3.75. The van der Waals surface area contributed by atoms with E-state index >= 15 is 0 Å². The van der Waals surface area contributed by atoms with E-state index in [1.165, 1.54) is 6.92 Å². The number of carbonyl (C=O) groups excluding carboxylic acids is 1. The highest BCUT2D eigenvalue weighted by Crippen LogP contribution is 2.45. The van der Waals surface area contributed by atoms with Crippen LogP contribution in [0.3, 0.4) is 0 Å². The van der Waals surface area contributed by atoms with Crippen molar-refractivity contribution in [2.75, 3.05) is 0 Å². The van der Waals surface area contributed by atoms with Gasteiger partial charge in [0.25, 0.3) is 0 Å². The van der Waals surface area contributed by atoms with Crippen LogP contribution in [0.5, 0.6) is 0 Å². The molecule has 25 heavy (non-hydrogen) atoms. The minimum absolute atomic E-state index is 0.0479. The van der Waals surface area contributed by atoms with Gasteiger partial charge in [0.15, 0.2) is 5.78 Å². The van der Waals surface area contributed by atoms with E-state index in [1.54, 1.807) is 24.3 Å². The summed E-state index contributed by atoms with van der Waals surface area (Å²) in [6.07, 6.45) is 0.0912. The SMILES string of the molecule is CC(=O)C1=C(O)C[C@@H](c2ccccc2)[C@H]([N+](=O)[O-])[C@@H]1c1ccccc1. The van der Waals surface area contributed by atoms with Crippen molar-refractivity contribution in [3.63, 3.8) is 0 Å². The van der Waals surface area contributed by atoms with Gasteiger partial charge in [0.2, 0.25) is 6.04 Å². The summed E-state index contributed by atoms with van der Waals surface area (Å²) in [4.78, 5) is 23.8. The summed E-state index contributed by atoms with van der Waals surface area (Å²) in [6.45, 7) is 1.35. The zero-order chi connectivity index (χ0) is 18.0. The summed E-state index contributed by atoms with van der Waals surface area (Å²) in [7, 11) is 0. The van der Waals surface area contributed by atoms with E-state index in [-0.39, 0.29) is 28.5 Å². The summed E-state index contributed by atoms with van der Waals surface area (Å²) in [5, 5.41) is 22.5. The Morgan fingerprint density at radius 2 is 1.56 bits per heavy atom. The number of allylic oxidation sites excluding steroid dienone is 1. The Hall–Kier alpha value is -2.95. The quantitative estimate of drug-likeness (QED) is 0.675. The van der Waals surface area contributed by atoms with Crippen molar-refractivity contribution in [1.29, 1.82) is 0 Å². The number of hydrogen-bond donors (Lipinski definition) is 1. The smallest absolute Gasteiger partial charge is 0.231 e. The van der Waals surface area contributed by atoms with Gasteiger partial charge in [-0.25, -0.2) is 0 Å². The number of nitrogens with zero attached hydrogens (tertiary/aromatic N) is 1. The number of ketones is 1. The van der Waals surface area contributed by atoms with E-state index in [1.807, 2.05) is 36.4 Å². The first kappa shape index (κ1) is 16.9. The van der Waals surface area contributed by atoms with E-state index in [9.17, 15) is 20.0 Å². The van der Waals surface area contributed by atoms with Crippen molar-refractivity contribution in [1.82, 2.24) is 0 Å². The monoisotopic (exact) mass is 337 g/mol. The van der Waals surface area contributed by atoms with Crippen LogP contribution < -0.4 is 0 Å². The standard InChI is InChI=1S/C20H19NO4/c1-13(22)18-17(23)12-16(14-8-4-2-5-9-14)20(21(24)25)19(18)15-10-6-3-7-11-15/h2-11,16,19-20,23H,12H2,1H3/t16-,19+,20-/m0/s1. The molecule has 0 heterocycles. The molecule has 3 rings (SSSR count). The second-order valence-corrected chi connectivity index (χ2v) is 6.30.